The number of benzene rings is 1. The van der Waals surface area contributed by atoms with Crippen LogP contribution in [0.2, 0.25) is 0 Å². The van der Waals surface area contributed by atoms with Gasteiger partial charge in [0.05, 0.1) is 26.2 Å². The van der Waals surface area contributed by atoms with Crippen molar-refractivity contribution in [1.82, 2.24) is 5.32 Å². The number of rotatable bonds is 7. The number of amides is 1. The van der Waals surface area contributed by atoms with E-state index < -0.39 is 0 Å². The van der Waals surface area contributed by atoms with Crippen LogP contribution in [0, 0.1) is 5.92 Å². The molecule has 0 aliphatic carbocycles. The molecule has 5 heteroatoms. The predicted octanol–water partition coefficient (Wildman–Crippen LogP) is 1.10. The summed E-state index contributed by atoms with van der Waals surface area (Å²) < 4.78 is 10.8. The van der Waals surface area contributed by atoms with Gasteiger partial charge in [-0.05, 0) is 12.5 Å². The van der Waals surface area contributed by atoms with Crippen LogP contribution in [0.1, 0.15) is 12.0 Å². The number of phenols is 1. The molecule has 20 heavy (non-hydrogen) atoms. The van der Waals surface area contributed by atoms with Crippen LogP contribution in [0.3, 0.4) is 0 Å². The second-order valence-corrected chi connectivity index (χ2v) is 4.96. The van der Waals surface area contributed by atoms with Crippen LogP contribution in [-0.4, -0.2) is 44.0 Å². The van der Waals surface area contributed by atoms with E-state index >= 15 is 0 Å². The summed E-state index contributed by atoms with van der Waals surface area (Å²) in [6.07, 6.45) is 1.24. The van der Waals surface area contributed by atoms with E-state index in [1.807, 2.05) is 0 Å². The van der Waals surface area contributed by atoms with E-state index in [4.69, 9.17) is 9.47 Å². The van der Waals surface area contributed by atoms with Gasteiger partial charge < -0.3 is 19.9 Å². The summed E-state index contributed by atoms with van der Waals surface area (Å²) in [5.41, 5.74) is 0.633. The molecule has 1 heterocycles. The Balaban J connectivity index is 1.57. The van der Waals surface area contributed by atoms with E-state index in [2.05, 4.69) is 5.32 Å². The number of para-hydroxylation sites is 1. The van der Waals surface area contributed by atoms with Gasteiger partial charge in [-0.3, -0.25) is 4.79 Å². The van der Waals surface area contributed by atoms with Crippen LogP contribution in [0.15, 0.2) is 24.3 Å². The van der Waals surface area contributed by atoms with Gasteiger partial charge in [0.2, 0.25) is 5.91 Å². The number of carbonyl (C=O) groups is 1. The van der Waals surface area contributed by atoms with Gasteiger partial charge in [0.1, 0.15) is 5.75 Å². The molecule has 0 unspecified atom stereocenters. The van der Waals surface area contributed by atoms with Gasteiger partial charge in [-0.15, -0.1) is 0 Å². The zero-order valence-electron chi connectivity index (χ0n) is 11.5. The lowest BCUT2D eigenvalue weighted by Crippen LogP contribution is -2.29. The van der Waals surface area contributed by atoms with Crippen molar-refractivity contribution in [1.29, 1.82) is 0 Å². The Hall–Kier alpha value is -1.59. The van der Waals surface area contributed by atoms with Gasteiger partial charge in [-0.1, -0.05) is 18.2 Å². The highest BCUT2D eigenvalue weighted by Crippen LogP contribution is 2.15. The monoisotopic (exact) mass is 279 g/mol. The molecule has 1 aliphatic heterocycles. The zero-order valence-corrected chi connectivity index (χ0v) is 11.5. The number of carbonyl (C=O) groups excluding carboxylic acids is 1. The minimum atomic E-state index is -0.112. The fourth-order valence-corrected chi connectivity index (χ4v) is 2.12. The number of ether oxygens (including phenoxy) is 2. The Morgan fingerprint density at radius 2 is 2.30 bits per heavy atom. The van der Waals surface area contributed by atoms with E-state index in [9.17, 15) is 9.90 Å². The molecule has 0 bridgehead atoms. The number of nitrogens with one attached hydrogen (secondary N) is 1. The Labute approximate surface area is 118 Å². The van der Waals surface area contributed by atoms with Gasteiger partial charge in [-0.2, -0.15) is 0 Å². The molecule has 2 N–H and O–H groups in total. The third kappa shape index (κ3) is 4.83. The third-order valence-electron chi connectivity index (χ3n) is 3.29. The summed E-state index contributed by atoms with van der Waals surface area (Å²) in [6.45, 7) is 3.28. The standard InChI is InChI=1S/C15H21NO4/c17-14-4-2-1-3-13(14)9-15(18)16-6-8-20-11-12-5-7-19-10-12/h1-4,12,17H,5-11H2,(H,16,18)/t12-/m0/s1. The molecular weight excluding hydrogens is 258 g/mol. The summed E-state index contributed by atoms with van der Waals surface area (Å²) in [7, 11) is 0. The molecule has 1 atom stereocenters. The predicted molar refractivity (Wildman–Crippen MR) is 74.6 cm³/mol. The molecule has 1 aromatic carbocycles. The summed E-state index contributed by atoms with van der Waals surface area (Å²) in [6, 6.07) is 6.85. The Kier molecular flexibility index (Phi) is 5.83. The van der Waals surface area contributed by atoms with Crippen molar-refractivity contribution in [2.45, 2.75) is 12.8 Å². The lowest BCUT2D eigenvalue weighted by atomic mass is 10.1. The first kappa shape index (κ1) is 14.8. The average molecular weight is 279 g/mol. The van der Waals surface area contributed by atoms with Crippen molar-refractivity contribution < 1.29 is 19.4 Å². The molecular formula is C15H21NO4. The molecule has 1 aromatic rings. The summed E-state index contributed by atoms with van der Waals surface area (Å²) in [5, 5.41) is 12.4. The molecule has 2 rings (SSSR count). The third-order valence-corrected chi connectivity index (χ3v) is 3.29. The maximum absolute atomic E-state index is 11.7. The van der Waals surface area contributed by atoms with Gasteiger partial charge in [0.25, 0.3) is 0 Å². The first-order valence-electron chi connectivity index (χ1n) is 6.95. The van der Waals surface area contributed by atoms with Gasteiger partial charge in [-0.25, -0.2) is 0 Å². The van der Waals surface area contributed by atoms with Crippen molar-refractivity contribution >= 4 is 5.91 Å². The lowest BCUT2D eigenvalue weighted by molar-refractivity contribution is -0.120. The lowest BCUT2D eigenvalue weighted by Gasteiger charge is -2.10. The molecule has 1 aliphatic rings. The van der Waals surface area contributed by atoms with E-state index in [1.54, 1.807) is 24.3 Å². The van der Waals surface area contributed by atoms with Crippen molar-refractivity contribution in [3.05, 3.63) is 29.8 Å². The van der Waals surface area contributed by atoms with E-state index in [1.165, 1.54) is 0 Å². The largest absolute Gasteiger partial charge is 0.508 e. The second-order valence-electron chi connectivity index (χ2n) is 4.96. The van der Waals surface area contributed by atoms with Crippen LogP contribution in [0.25, 0.3) is 0 Å². The minimum absolute atomic E-state index is 0.112. The molecule has 0 radical (unpaired) electrons. The van der Waals surface area contributed by atoms with Crippen LogP contribution >= 0.6 is 0 Å². The first-order valence-corrected chi connectivity index (χ1v) is 6.95. The van der Waals surface area contributed by atoms with Gasteiger partial charge in [0, 0.05) is 24.6 Å². The van der Waals surface area contributed by atoms with E-state index in [-0.39, 0.29) is 18.1 Å². The highest BCUT2D eigenvalue weighted by Gasteiger charge is 2.15. The molecule has 1 saturated heterocycles. The fraction of sp³-hybridized carbons (Fsp3) is 0.533. The van der Waals surface area contributed by atoms with Crippen LogP contribution in [0.4, 0.5) is 0 Å². The van der Waals surface area contributed by atoms with Gasteiger partial charge >= 0.3 is 0 Å². The minimum Gasteiger partial charge on any atom is -0.508 e. The Morgan fingerprint density at radius 1 is 1.45 bits per heavy atom. The highest BCUT2D eigenvalue weighted by molar-refractivity contribution is 5.79. The zero-order chi connectivity index (χ0) is 14.2. The Bertz CT molecular complexity index is 430. The second kappa shape index (κ2) is 7.87. The average Bonchev–Trinajstić information content (AvgIpc) is 2.94. The highest BCUT2D eigenvalue weighted by atomic mass is 16.5. The number of hydrogen-bond acceptors (Lipinski definition) is 4. The van der Waals surface area contributed by atoms with Gasteiger partial charge in [0.15, 0.2) is 0 Å². The maximum atomic E-state index is 11.7. The summed E-state index contributed by atoms with van der Waals surface area (Å²) in [4.78, 5) is 11.7. The smallest absolute Gasteiger partial charge is 0.224 e. The summed E-state index contributed by atoms with van der Waals surface area (Å²) >= 11 is 0. The van der Waals surface area contributed by atoms with Crippen LogP contribution in [-0.2, 0) is 20.7 Å². The Morgan fingerprint density at radius 3 is 3.05 bits per heavy atom. The summed E-state index contributed by atoms with van der Waals surface area (Å²) in [5.74, 6) is 0.534. The van der Waals surface area contributed by atoms with Crippen molar-refractivity contribution in [2.75, 3.05) is 33.0 Å². The molecule has 1 fully saturated rings. The number of aromatic hydroxyl groups is 1. The van der Waals surface area contributed by atoms with Crippen molar-refractivity contribution in [2.24, 2.45) is 5.92 Å². The fourth-order valence-electron chi connectivity index (χ4n) is 2.12. The number of hydrogen-bond donors (Lipinski definition) is 2. The van der Waals surface area contributed by atoms with Crippen LogP contribution in [0.5, 0.6) is 5.75 Å². The SMILES string of the molecule is O=C(Cc1ccccc1O)NCCOC[C@H]1CCOC1. The molecule has 0 spiro atoms. The number of phenolic OH excluding ortho intramolecular Hbond substituents is 1. The van der Waals surface area contributed by atoms with Crippen molar-refractivity contribution in [3.8, 4) is 5.75 Å². The molecule has 110 valence electrons. The van der Waals surface area contributed by atoms with Crippen LogP contribution < -0.4 is 5.32 Å². The molecule has 0 aromatic heterocycles. The molecule has 5 nitrogen and oxygen atoms in total. The normalized spacial score (nSPS) is 18.1. The van der Waals surface area contributed by atoms with E-state index in [0.29, 0.717) is 31.2 Å². The topological polar surface area (TPSA) is 67.8 Å². The maximum Gasteiger partial charge on any atom is 0.224 e. The quantitative estimate of drug-likeness (QED) is 0.734. The van der Waals surface area contributed by atoms with Crippen molar-refractivity contribution in [3.63, 3.8) is 0 Å². The molecule has 0 saturated carbocycles. The molecule has 1 amide bonds. The first-order chi connectivity index (χ1) is 9.75. The van der Waals surface area contributed by atoms with E-state index in [0.717, 1.165) is 19.6 Å².